The molecule has 0 radical (unpaired) electrons. The van der Waals surface area contributed by atoms with Gasteiger partial charge in [-0.25, -0.2) is 0 Å². The van der Waals surface area contributed by atoms with Crippen molar-refractivity contribution in [3.63, 3.8) is 0 Å². The minimum absolute atomic E-state index is 0.731. The standard InChI is InChI=1S/C5H4ClN.ClHO/c6-5-1-3-7-4-2-5;1-2/h1-4H;2H. The third-order valence-electron chi connectivity index (χ3n) is 0.640. The van der Waals surface area contributed by atoms with Gasteiger partial charge in [0, 0.05) is 17.4 Å². The van der Waals surface area contributed by atoms with Crippen LogP contribution >= 0.6 is 23.5 Å². The Morgan fingerprint density at radius 1 is 1.22 bits per heavy atom. The zero-order valence-corrected chi connectivity index (χ0v) is 5.97. The molecule has 9 heavy (non-hydrogen) atoms. The zero-order valence-electron chi connectivity index (χ0n) is 4.46. The van der Waals surface area contributed by atoms with Gasteiger partial charge in [0.2, 0.25) is 0 Å². The number of rotatable bonds is 0. The van der Waals surface area contributed by atoms with E-state index in [4.69, 9.17) is 16.3 Å². The zero-order chi connectivity index (χ0) is 7.11. The maximum absolute atomic E-state index is 6.47. The lowest BCUT2D eigenvalue weighted by atomic mass is 10.5. The van der Waals surface area contributed by atoms with Crippen LogP contribution in [0, 0.1) is 0 Å². The van der Waals surface area contributed by atoms with Crippen molar-refractivity contribution in [1.29, 1.82) is 0 Å². The fourth-order valence-electron chi connectivity index (χ4n) is 0.334. The number of halogens is 2. The predicted octanol–water partition coefficient (Wildman–Crippen LogP) is 1.87. The van der Waals surface area contributed by atoms with E-state index in [0.29, 0.717) is 0 Å². The van der Waals surface area contributed by atoms with Crippen LogP contribution in [0.3, 0.4) is 0 Å². The SMILES string of the molecule is Clc1ccncc1.OCl. The average Bonchev–Trinajstić information content (AvgIpc) is 1.94. The second-order valence-corrected chi connectivity index (χ2v) is 1.60. The molecular weight excluding hydrogens is 161 g/mol. The summed E-state index contributed by atoms with van der Waals surface area (Å²) in [5.41, 5.74) is 0. The molecule has 0 aromatic carbocycles. The Morgan fingerprint density at radius 3 is 1.89 bits per heavy atom. The fraction of sp³-hybridized carbons (Fsp3) is 0. The first kappa shape index (κ1) is 8.69. The highest BCUT2D eigenvalue weighted by Crippen LogP contribution is 2.01. The van der Waals surface area contributed by atoms with E-state index >= 15 is 0 Å². The molecule has 0 aliphatic rings. The average molecular weight is 166 g/mol. The van der Waals surface area contributed by atoms with Crippen LogP contribution in [-0.4, -0.2) is 9.64 Å². The first-order valence-corrected chi connectivity index (χ1v) is 2.83. The number of nitrogens with zero attached hydrogens (tertiary/aromatic N) is 1. The van der Waals surface area contributed by atoms with E-state index in [2.05, 4.69) is 16.9 Å². The molecule has 0 amide bonds. The highest BCUT2D eigenvalue weighted by atomic mass is 35.5. The van der Waals surface area contributed by atoms with E-state index in [0.717, 1.165) is 5.02 Å². The molecule has 1 rings (SSSR count). The van der Waals surface area contributed by atoms with Crippen LogP contribution in [-0.2, 0) is 0 Å². The van der Waals surface area contributed by atoms with E-state index in [-0.39, 0.29) is 0 Å². The van der Waals surface area contributed by atoms with Crippen molar-refractivity contribution < 1.29 is 4.66 Å². The van der Waals surface area contributed by atoms with Crippen LogP contribution in [0.2, 0.25) is 5.02 Å². The Kier molecular flexibility index (Phi) is 5.62. The molecule has 1 aromatic heterocycles. The summed E-state index contributed by atoms with van der Waals surface area (Å²) in [4.78, 5) is 3.76. The van der Waals surface area contributed by atoms with Gasteiger partial charge in [-0.1, -0.05) is 11.6 Å². The van der Waals surface area contributed by atoms with Crippen LogP contribution < -0.4 is 0 Å². The number of hydrogen-bond acceptors (Lipinski definition) is 2. The highest BCUT2D eigenvalue weighted by Gasteiger charge is 1.75. The quantitative estimate of drug-likeness (QED) is 0.638. The first-order chi connectivity index (χ1) is 4.39. The maximum Gasteiger partial charge on any atom is 0.0579 e. The number of pyridine rings is 1. The summed E-state index contributed by atoms with van der Waals surface area (Å²) in [6, 6.07) is 3.48. The molecular formula is C5H5Cl2NO. The van der Waals surface area contributed by atoms with Gasteiger partial charge < -0.3 is 0 Å². The van der Waals surface area contributed by atoms with E-state index < -0.39 is 0 Å². The van der Waals surface area contributed by atoms with Crippen molar-refractivity contribution in [2.45, 2.75) is 0 Å². The van der Waals surface area contributed by atoms with Crippen molar-refractivity contribution in [2.24, 2.45) is 0 Å². The molecule has 1 heterocycles. The van der Waals surface area contributed by atoms with Crippen molar-refractivity contribution in [3.05, 3.63) is 29.5 Å². The minimum atomic E-state index is 0.731. The lowest BCUT2D eigenvalue weighted by Crippen LogP contribution is -1.63. The summed E-state index contributed by atoms with van der Waals surface area (Å²) in [6.45, 7) is 0. The molecule has 50 valence electrons. The van der Waals surface area contributed by atoms with Crippen LogP contribution in [0.4, 0.5) is 0 Å². The third kappa shape index (κ3) is 4.21. The van der Waals surface area contributed by atoms with Gasteiger partial charge in [0.05, 0.1) is 11.9 Å². The monoisotopic (exact) mass is 165 g/mol. The highest BCUT2D eigenvalue weighted by molar-refractivity contribution is 6.30. The Morgan fingerprint density at radius 2 is 1.67 bits per heavy atom. The Balaban J connectivity index is 0.000000291. The fourth-order valence-corrected chi connectivity index (χ4v) is 0.446. The molecule has 2 nitrogen and oxygen atoms in total. The van der Waals surface area contributed by atoms with Crippen LogP contribution in [0.5, 0.6) is 0 Å². The summed E-state index contributed by atoms with van der Waals surface area (Å²) < 4.78 is 6.47. The van der Waals surface area contributed by atoms with Gasteiger partial charge in [0.25, 0.3) is 0 Å². The predicted molar refractivity (Wildman–Crippen MR) is 37.3 cm³/mol. The van der Waals surface area contributed by atoms with E-state index in [1.165, 1.54) is 0 Å². The van der Waals surface area contributed by atoms with Gasteiger partial charge >= 0.3 is 0 Å². The molecule has 0 saturated carbocycles. The van der Waals surface area contributed by atoms with Gasteiger partial charge in [-0.2, -0.15) is 0 Å². The van der Waals surface area contributed by atoms with Crippen LogP contribution in [0.1, 0.15) is 0 Å². The molecule has 0 unspecified atom stereocenters. The lowest BCUT2D eigenvalue weighted by molar-refractivity contribution is 0.632. The third-order valence-corrected chi connectivity index (χ3v) is 0.892. The first-order valence-electron chi connectivity index (χ1n) is 2.12. The molecule has 1 aromatic rings. The second kappa shape index (κ2) is 5.82. The summed E-state index contributed by atoms with van der Waals surface area (Å²) >= 11 is 9.14. The Bertz CT molecular complexity index is 145. The van der Waals surface area contributed by atoms with E-state index in [1.54, 1.807) is 24.5 Å². The van der Waals surface area contributed by atoms with Gasteiger partial charge in [-0.05, 0) is 12.1 Å². The summed E-state index contributed by atoms with van der Waals surface area (Å²) in [6.07, 6.45) is 3.31. The van der Waals surface area contributed by atoms with Gasteiger partial charge in [-0.15, -0.1) is 0 Å². The molecule has 0 fully saturated rings. The Hall–Kier alpha value is -0.310. The molecule has 1 N–H and O–H groups in total. The van der Waals surface area contributed by atoms with Crippen LogP contribution in [0.25, 0.3) is 0 Å². The largest absolute Gasteiger partial charge is 0.295 e. The molecule has 0 spiro atoms. The second-order valence-electron chi connectivity index (χ2n) is 1.17. The van der Waals surface area contributed by atoms with Crippen LogP contribution in [0.15, 0.2) is 24.5 Å². The van der Waals surface area contributed by atoms with Crippen molar-refractivity contribution in [3.8, 4) is 0 Å². The minimum Gasteiger partial charge on any atom is -0.295 e. The van der Waals surface area contributed by atoms with Crippen molar-refractivity contribution in [2.75, 3.05) is 0 Å². The molecule has 0 aliphatic carbocycles. The van der Waals surface area contributed by atoms with Gasteiger partial charge in [0.1, 0.15) is 0 Å². The maximum atomic E-state index is 6.47. The summed E-state index contributed by atoms with van der Waals surface area (Å²) in [5, 5.41) is 0.731. The molecule has 4 heteroatoms. The smallest absolute Gasteiger partial charge is 0.0579 e. The molecule has 0 aliphatic heterocycles. The van der Waals surface area contributed by atoms with Crippen molar-refractivity contribution in [1.82, 2.24) is 4.98 Å². The summed E-state index contributed by atoms with van der Waals surface area (Å²) in [7, 11) is 0. The lowest BCUT2D eigenvalue weighted by Gasteiger charge is -1.79. The van der Waals surface area contributed by atoms with E-state index in [9.17, 15) is 0 Å². The Labute approximate surface area is 63.2 Å². The number of hydrogen-bond donors (Lipinski definition) is 1. The topological polar surface area (TPSA) is 33.1 Å². The normalized spacial score (nSPS) is 7.44. The molecule has 0 bridgehead atoms. The molecule has 0 saturated heterocycles. The van der Waals surface area contributed by atoms with Gasteiger partial charge in [-0.3, -0.25) is 9.64 Å². The summed E-state index contributed by atoms with van der Waals surface area (Å²) in [5.74, 6) is 0. The van der Waals surface area contributed by atoms with E-state index in [1.807, 2.05) is 0 Å². The van der Waals surface area contributed by atoms with Crippen molar-refractivity contribution >= 4 is 23.5 Å². The number of aromatic nitrogens is 1. The molecule has 0 atom stereocenters. The van der Waals surface area contributed by atoms with Gasteiger partial charge in [0.15, 0.2) is 0 Å².